The minimum Gasteiger partial charge on any atom is -0.472 e. The molecule has 0 aliphatic carbocycles. The molecule has 22 heavy (non-hydrogen) atoms. The minimum atomic E-state index is 0.227. The second-order valence-corrected chi connectivity index (χ2v) is 7.03. The molecular weight excluding hydrogens is 278 g/mol. The van der Waals surface area contributed by atoms with Gasteiger partial charge in [-0.3, -0.25) is 9.69 Å². The zero-order chi connectivity index (χ0) is 14.9. The Labute approximate surface area is 131 Å². The van der Waals surface area contributed by atoms with Crippen molar-refractivity contribution in [2.24, 2.45) is 11.8 Å². The van der Waals surface area contributed by atoms with Crippen molar-refractivity contribution in [1.29, 1.82) is 0 Å². The first kappa shape index (κ1) is 14.3. The molecule has 2 atom stereocenters. The van der Waals surface area contributed by atoms with Gasteiger partial charge in [0.05, 0.1) is 18.4 Å². The number of rotatable bonds is 5. The summed E-state index contributed by atoms with van der Waals surface area (Å²) >= 11 is 0. The third-order valence-corrected chi connectivity index (χ3v) is 5.47. The van der Waals surface area contributed by atoms with E-state index in [9.17, 15) is 4.79 Å². The Bertz CT molecular complexity index is 510. The molecule has 1 aromatic heterocycles. The van der Waals surface area contributed by atoms with E-state index in [2.05, 4.69) is 14.7 Å². The third-order valence-electron chi connectivity index (χ3n) is 5.47. The molecule has 3 aliphatic rings. The van der Waals surface area contributed by atoms with Crippen LogP contribution in [-0.4, -0.2) is 66.4 Å². The highest BCUT2D eigenvalue weighted by Crippen LogP contribution is 2.32. The van der Waals surface area contributed by atoms with Crippen molar-refractivity contribution in [3.63, 3.8) is 0 Å². The van der Waals surface area contributed by atoms with Gasteiger partial charge in [0.1, 0.15) is 0 Å². The summed E-state index contributed by atoms with van der Waals surface area (Å²) in [6.45, 7) is 8.23. The first-order chi connectivity index (χ1) is 10.8. The van der Waals surface area contributed by atoms with Crippen molar-refractivity contribution in [1.82, 2.24) is 14.7 Å². The van der Waals surface area contributed by atoms with Crippen molar-refractivity contribution >= 4 is 5.91 Å². The van der Waals surface area contributed by atoms with Crippen molar-refractivity contribution < 1.29 is 9.21 Å². The molecule has 0 saturated carbocycles. The van der Waals surface area contributed by atoms with E-state index in [4.69, 9.17) is 4.42 Å². The largest absolute Gasteiger partial charge is 0.472 e. The number of carbonyl (C=O) groups excluding carboxylic acids is 1. The van der Waals surface area contributed by atoms with Gasteiger partial charge in [-0.15, -0.1) is 0 Å². The summed E-state index contributed by atoms with van der Waals surface area (Å²) in [5.41, 5.74) is 1.21. The molecule has 0 aromatic carbocycles. The number of hydrogen-bond donors (Lipinski definition) is 0. The quantitative estimate of drug-likeness (QED) is 0.821. The molecule has 0 spiro atoms. The maximum Gasteiger partial charge on any atom is 0.227 e. The normalized spacial score (nSPS) is 29.6. The molecule has 0 N–H and O–H groups in total. The zero-order valence-corrected chi connectivity index (χ0v) is 13.1. The standard InChI is InChI=1S/C17H25N3O2/c21-17-16-12-19(9-14-3-8-22-13-14)10-15(16)11-20(17)7-6-18-4-1-2-5-18/h3,8,13,15-16H,1-2,4-7,9-12H2/t15-,16-/m0/s1. The number of likely N-dealkylation sites (tertiary alicyclic amines) is 3. The topological polar surface area (TPSA) is 39.9 Å². The van der Waals surface area contributed by atoms with E-state index >= 15 is 0 Å². The molecule has 4 rings (SSSR count). The Balaban J connectivity index is 1.28. The fourth-order valence-corrected chi connectivity index (χ4v) is 4.27. The highest BCUT2D eigenvalue weighted by molar-refractivity contribution is 5.82. The monoisotopic (exact) mass is 303 g/mol. The molecule has 0 radical (unpaired) electrons. The predicted octanol–water partition coefficient (Wildman–Crippen LogP) is 1.27. The van der Waals surface area contributed by atoms with E-state index in [1.165, 1.54) is 31.5 Å². The molecule has 3 fully saturated rings. The summed E-state index contributed by atoms with van der Waals surface area (Å²) < 4.78 is 5.13. The fraction of sp³-hybridized carbons (Fsp3) is 0.706. The SMILES string of the molecule is O=C1[C@H]2CN(Cc3ccoc3)C[C@H]2CN1CCN1CCCC1. The van der Waals surface area contributed by atoms with E-state index in [1.807, 2.05) is 6.07 Å². The van der Waals surface area contributed by atoms with Crippen LogP contribution in [0.25, 0.3) is 0 Å². The van der Waals surface area contributed by atoms with Crippen LogP contribution in [0.15, 0.2) is 23.0 Å². The van der Waals surface area contributed by atoms with Gasteiger partial charge in [0.2, 0.25) is 5.91 Å². The van der Waals surface area contributed by atoms with Crippen molar-refractivity contribution in [2.75, 3.05) is 45.8 Å². The lowest BCUT2D eigenvalue weighted by atomic mass is 10.0. The second kappa shape index (κ2) is 6.05. The Hall–Kier alpha value is -1.33. The first-order valence-electron chi connectivity index (χ1n) is 8.54. The summed E-state index contributed by atoms with van der Waals surface area (Å²) in [4.78, 5) is 19.6. The van der Waals surface area contributed by atoms with Gasteiger partial charge in [-0.1, -0.05) is 0 Å². The highest BCUT2D eigenvalue weighted by atomic mass is 16.3. The van der Waals surface area contributed by atoms with Crippen LogP contribution in [-0.2, 0) is 11.3 Å². The number of hydrogen-bond acceptors (Lipinski definition) is 4. The predicted molar refractivity (Wildman–Crippen MR) is 83.2 cm³/mol. The van der Waals surface area contributed by atoms with Crippen molar-refractivity contribution in [2.45, 2.75) is 19.4 Å². The molecule has 0 unspecified atom stereocenters. The van der Waals surface area contributed by atoms with Crippen LogP contribution < -0.4 is 0 Å². The number of fused-ring (bicyclic) bond motifs is 1. The van der Waals surface area contributed by atoms with Crippen molar-refractivity contribution in [3.05, 3.63) is 24.2 Å². The Morgan fingerprint density at radius 3 is 2.68 bits per heavy atom. The smallest absolute Gasteiger partial charge is 0.227 e. The van der Waals surface area contributed by atoms with E-state index in [-0.39, 0.29) is 5.92 Å². The zero-order valence-electron chi connectivity index (χ0n) is 13.1. The summed E-state index contributed by atoms with van der Waals surface area (Å²) in [6, 6.07) is 2.01. The average Bonchev–Trinajstić information content (AvgIpc) is 3.26. The average molecular weight is 303 g/mol. The second-order valence-electron chi connectivity index (χ2n) is 7.03. The summed E-state index contributed by atoms with van der Waals surface area (Å²) in [7, 11) is 0. The molecule has 5 heteroatoms. The highest BCUT2D eigenvalue weighted by Gasteiger charge is 2.45. The van der Waals surface area contributed by atoms with Gasteiger partial charge in [0.15, 0.2) is 0 Å². The van der Waals surface area contributed by atoms with Crippen LogP contribution in [0, 0.1) is 11.8 Å². The van der Waals surface area contributed by atoms with E-state index < -0.39 is 0 Å². The molecule has 5 nitrogen and oxygen atoms in total. The van der Waals surface area contributed by atoms with Crippen LogP contribution in [0.3, 0.4) is 0 Å². The minimum absolute atomic E-state index is 0.227. The number of nitrogens with zero attached hydrogens (tertiary/aromatic N) is 3. The van der Waals surface area contributed by atoms with Crippen LogP contribution >= 0.6 is 0 Å². The van der Waals surface area contributed by atoms with E-state index in [0.29, 0.717) is 11.8 Å². The van der Waals surface area contributed by atoms with Gasteiger partial charge in [-0.25, -0.2) is 0 Å². The summed E-state index contributed by atoms with van der Waals surface area (Å²) in [6.07, 6.45) is 6.17. The van der Waals surface area contributed by atoms with E-state index in [1.54, 1.807) is 12.5 Å². The molecule has 0 bridgehead atoms. The molecule has 120 valence electrons. The molecule has 1 aromatic rings. The molecule has 1 amide bonds. The van der Waals surface area contributed by atoms with Gasteiger partial charge in [-0.05, 0) is 32.0 Å². The van der Waals surface area contributed by atoms with Gasteiger partial charge in [0, 0.05) is 50.7 Å². The van der Waals surface area contributed by atoms with E-state index in [0.717, 1.165) is 39.3 Å². The Morgan fingerprint density at radius 1 is 1.09 bits per heavy atom. The van der Waals surface area contributed by atoms with Crippen LogP contribution in [0.5, 0.6) is 0 Å². The number of furan rings is 1. The van der Waals surface area contributed by atoms with Crippen LogP contribution in [0.4, 0.5) is 0 Å². The van der Waals surface area contributed by atoms with Gasteiger partial charge < -0.3 is 14.2 Å². The maximum atomic E-state index is 12.6. The third kappa shape index (κ3) is 2.79. The fourth-order valence-electron chi connectivity index (χ4n) is 4.27. The maximum absolute atomic E-state index is 12.6. The van der Waals surface area contributed by atoms with Gasteiger partial charge in [-0.2, -0.15) is 0 Å². The number of amides is 1. The van der Waals surface area contributed by atoms with Crippen LogP contribution in [0.1, 0.15) is 18.4 Å². The lowest BCUT2D eigenvalue weighted by Crippen LogP contribution is -2.37. The number of carbonyl (C=O) groups is 1. The van der Waals surface area contributed by atoms with Crippen molar-refractivity contribution in [3.8, 4) is 0 Å². The lowest BCUT2D eigenvalue weighted by Gasteiger charge is -2.23. The lowest BCUT2D eigenvalue weighted by molar-refractivity contribution is -0.131. The summed E-state index contributed by atoms with van der Waals surface area (Å²) in [5.74, 6) is 1.14. The van der Waals surface area contributed by atoms with Crippen LogP contribution in [0.2, 0.25) is 0 Å². The molecule has 3 aliphatic heterocycles. The Kier molecular flexibility index (Phi) is 3.92. The molecule has 3 saturated heterocycles. The van der Waals surface area contributed by atoms with Gasteiger partial charge in [0.25, 0.3) is 0 Å². The Morgan fingerprint density at radius 2 is 1.95 bits per heavy atom. The first-order valence-corrected chi connectivity index (χ1v) is 8.54. The molecule has 4 heterocycles. The van der Waals surface area contributed by atoms with Gasteiger partial charge >= 0.3 is 0 Å². The molecular formula is C17H25N3O2. The summed E-state index contributed by atoms with van der Waals surface area (Å²) in [5, 5.41) is 0.